The summed E-state index contributed by atoms with van der Waals surface area (Å²) in [7, 11) is 3.20. The topological polar surface area (TPSA) is 50.8 Å². The van der Waals surface area contributed by atoms with Crippen LogP contribution in [0.25, 0.3) is 0 Å². The van der Waals surface area contributed by atoms with E-state index in [9.17, 15) is 4.79 Å². The summed E-state index contributed by atoms with van der Waals surface area (Å²) in [5, 5.41) is 3.02. The average molecular weight is 354 g/mol. The van der Waals surface area contributed by atoms with Crippen LogP contribution in [0.4, 0.5) is 5.69 Å². The van der Waals surface area contributed by atoms with E-state index in [0.29, 0.717) is 17.2 Å². The fourth-order valence-corrected chi connectivity index (χ4v) is 3.40. The van der Waals surface area contributed by atoms with E-state index in [1.807, 2.05) is 12.1 Å². The van der Waals surface area contributed by atoms with Crippen molar-refractivity contribution in [2.45, 2.75) is 19.4 Å². The molecule has 1 N–H and O–H groups in total. The van der Waals surface area contributed by atoms with Crippen molar-refractivity contribution in [3.8, 4) is 11.5 Å². The maximum absolute atomic E-state index is 12.8. The van der Waals surface area contributed by atoms with E-state index >= 15 is 0 Å². The van der Waals surface area contributed by atoms with Crippen molar-refractivity contribution in [1.29, 1.82) is 0 Å². The first kappa shape index (κ1) is 18.3. The van der Waals surface area contributed by atoms with Gasteiger partial charge in [-0.1, -0.05) is 30.3 Å². The van der Waals surface area contributed by atoms with Gasteiger partial charge in [0.25, 0.3) is 0 Å². The summed E-state index contributed by atoms with van der Waals surface area (Å²) in [5.41, 5.74) is 1.93. The van der Waals surface area contributed by atoms with Crippen LogP contribution >= 0.6 is 0 Å². The van der Waals surface area contributed by atoms with Gasteiger partial charge < -0.3 is 14.8 Å². The van der Waals surface area contributed by atoms with Crippen LogP contribution in [-0.2, 0) is 11.3 Å². The lowest BCUT2D eigenvalue weighted by Crippen LogP contribution is -2.40. The summed E-state index contributed by atoms with van der Waals surface area (Å²) < 4.78 is 10.6. The molecule has 2 aromatic rings. The molecule has 0 bridgehead atoms. The number of likely N-dealkylation sites (tertiary alicyclic amines) is 1. The number of benzene rings is 2. The third-order valence-electron chi connectivity index (χ3n) is 4.79. The van der Waals surface area contributed by atoms with Crippen LogP contribution in [0.5, 0.6) is 11.5 Å². The minimum atomic E-state index is -0.0247. The van der Waals surface area contributed by atoms with Gasteiger partial charge in [0.1, 0.15) is 11.5 Å². The molecule has 0 radical (unpaired) electrons. The summed E-state index contributed by atoms with van der Waals surface area (Å²) in [5.74, 6) is 1.34. The van der Waals surface area contributed by atoms with Gasteiger partial charge in [0.15, 0.2) is 0 Å². The molecule has 0 saturated carbocycles. The fourth-order valence-electron chi connectivity index (χ4n) is 3.40. The molecule has 1 heterocycles. The Morgan fingerprint density at radius 3 is 2.69 bits per heavy atom. The van der Waals surface area contributed by atoms with Gasteiger partial charge in [-0.05, 0) is 37.1 Å². The van der Waals surface area contributed by atoms with E-state index in [1.165, 1.54) is 5.56 Å². The van der Waals surface area contributed by atoms with Crippen LogP contribution in [0, 0.1) is 5.92 Å². The number of amides is 1. The third-order valence-corrected chi connectivity index (χ3v) is 4.79. The molecule has 1 fully saturated rings. The largest absolute Gasteiger partial charge is 0.497 e. The Hall–Kier alpha value is -2.53. The Labute approximate surface area is 154 Å². The molecular weight excluding hydrogens is 328 g/mol. The molecule has 5 heteroatoms. The average Bonchev–Trinajstić information content (AvgIpc) is 2.69. The highest BCUT2D eigenvalue weighted by atomic mass is 16.5. The molecule has 138 valence electrons. The number of piperidine rings is 1. The van der Waals surface area contributed by atoms with Crippen LogP contribution in [0.2, 0.25) is 0 Å². The van der Waals surface area contributed by atoms with Gasteiger partial charge in [0, 0.05) is 19.2 Å². The smallest absolute Gasteiger partial charge is 0.228 e. The molecule has 1 aliphatic heterocycles. The molecule has 2 aromatic carbocycles. The number of rotatable bonds is 6. The highest BCUT2D eigenvalue weighted by molar-refractivity contribution is 5.94. The lowest BCUT2D eigenvalue weighted by molar-refractivity contribution is -0.121. The van der Waals surface area contributed by atoms with Crippen molar-refractivity contribution in [3.63, 3.8) is 0 Å². The summed E-state index contributed by atoms with van der Waals surface area (Å²) >= 11 is 0. The van der Waals surface area contributed by atoms with Crippen molar-refractivity contribution in [2.75, 3.05) is 32.6 Å². The number of hydrogen-bond donors (Lipinski definition) is 1. The quantitative estimate of drug-likeness (QED) is 0.862. The minimum absolute atomic E-state index is 0.0247. The van der Waals surface area contributed by atoms with E-state index in [2.05, 4.69) is 34.5 Å². The Kier molecular flexibility index (Phi) is 6.12. The molecule has 0 aliphatic carbocycles. The second-order valence-corrected chi connectivity index (χ2v) is 6.62. The lowest BCUT2D eigenvalue weighted by Gasteiger charge is -2.32. The van der Waals surface area contributed by atoms with Crippen LogP contribution < -0.4 is 14.8 Å². The molecule has 1 aliphatic rings. The normalized spacial score (nSPS) is 17.5. The molecule has 1 atom stereocenters. The number of methoxy groups -OCH3 is 2. The fraction of sp³-hybridized carbons (Fsp3) is 0.381. The van der Waals surface area contributed by atoms with Gasteiger partial charge in [-0.15, -0.1) is 0 Å². The Morgan fingerprint density at radius 1 is 1.15 bits per heavy atom. The molecule has 1 saturated heterocycles. The summed E-state index contributed by atoms with van der Waals surface area (Å²) in [6.45, 7) is 2.68. The van der Waals surface area contributed by atoms with E-state index in [1.54, 1.807) is 26.4 Å². The van der Waals surface area contributed by atoms with Crippen LogP contribution in [-0.4, -0.2) is 38.1 Å². The number of ether oxygens (including phenoxy) is 2. The van der Waals surface area contributed by atoms with E-state index in [4.69, 9.17) is 9.47 Å². The summed E-state index contributed by atoms with van der Waals surface area (Å²) in [4.78, 5) is 15.2. The molecule has 0 unspecified atom stereocenters. The van der Waals surface area contributed by atoms with Crippen LogP contribution in [0.3, 0.4) is 0 Å². The predicted molar refractivity (Wildman–Crippen MR) is 103 cm³/mol. The Morgan fingerprint density at radius 2 is 1.96 bits per heavy atom. The van der Waals surface area contributed by atoms with Gasteiger partial charge >= 0.3 is 0 Å². The molecule has 26 heavy (non-hydrogen) atoms. The maximum Gasteiger partial charge on any atom is 0.228 e. The first-order valence-corrected chi connectivity index (χ1v) is 8.98. The van der Waals surface area contributed by atoms with Crippen LogP contribution in [0.15, 0.2) is 48.5 Å². The number of carbonyl (C=O) groups is 1. The van der Waals surface area contributed by atoms with Crippen LogP contribution in [0.1, 0.15) is 18.4 Å². The highest BCUT2D eigenvalue weighted by Gasteiger charge is 2.26. The van der Waals surface area contributed by atoms with Crippen molar-refractivity contribution >= 4 is 11.6 Å². The molecular formula is C21H26N2O3. The van der Waals surface area contributed by atoms with Crippen molar-refractivity contribution in [2.24, 2.45) is 5.92 Å². The van der Waals surface area contributed by atoms with Gasteiger partial charge in [-0.3, -0.25) is 9.69 Å². The first-order valence-electron chi connectivity index (χ1n) is 8.98. The first-order chi connectivity index (χ1) is 12.7. The Bertz CT molecular complexity index is 733. The zero-order valence-corrected chi connectivity index (χ0v) is 15.4. The number of anilines is 1. The van der Waals surface area contributed by atoms with Gasteiger partial charge in [0.2, 0.25) is 5.91 Å². The summed E-state index contributed by atoms with van der Waals surface area (Å²) in [6, 6.07) is 15.8. The standard InChI is InChI=1S/C21H26N2O3/c1-25-18-10-11-20(26-2)19(13-18)22-21(24)17-9-6-12-23(15-17)14-16-7-4-3-5-8-16/h3-5,7-8,10-11,13,17H,6,9,12,14-15H2,1-2H3,(H,22,24)/t17-/m0/s1. The molecule has 0 aromatic heterocycles. The zero-order chi connectivity index (χ0) is 18.4. The molecule has 5 nitrogen and oxygen atoms in total. The third kappa shape index (κ3) is 4.55. The van der Waals surface area contributed by atoms with Crippen molar-refractivity contribution < 1.29 is 14.3 Å². The molecule has 0 spiro atoms. The molecule has 3 rings (SSSR count). The van der Waals surface area contributed by atoms with E-state index in [0.717, 1.165) is 32.5 Å². The lowest BCUT2D eigenvalue weighted by atomic mass is 9.96. The zero-order valence-electron chi connectivity index (χ0n) is 15.4. The second-order valence-electron chi connectivity index (χ2n) is 6.62. The minimum Gasteiger partial charge on any atom is -0.497 e. The van der Waals surface area contributed by atoms with Gasteiger partial charge in [-0.2, -0.15) is 0 Å². The van der Waals surface area contributed by atoms with Crippen molar-refractivity contribution in [3.05, 3.63) is 54.1 Å². The Balaban J connectivity index is 1.64. The predicted octanol–water partition coefficient (Wildman–Crippen LogP) is 3.55. The van der Waals surface area contributed by atoms with E-state index in [-0.39, 0.29) is 11.8 Å². The van der Waals surface area contributed by atoms with Gasteiger partial charge in [0.05, 0.1) is 25.8 Å². The monoisotopic (exact) mass is 354 g/mol. The SMILES string of the molecule is COc1ccc(OC)c(NC(=O)[C@H]2CCCN(Cc3ccccc3)C2)c1. The number of nitrogens with one attached hydrogen (secondary N) is 1. The van der Waals surface area contributed by atoms with E-state index < -0.39 is 0 Å². The highest BCUT2D eigenvalue weighted by Crippen LogP contribution is 2.30. The maximum atomic E-state index is 12.8. The number of hydrogen-bond acceptors (Lipinski definition) is 4. The number of carbonyl (C=O) groups excluding carboxylic acids is 1. The van der Waals surface area contributed by atoms with Crippen molar-refractivity contribution in [1.82, 2.24) is 4.90 Å². The molecule has 1 amide bonds. The summed E-state index contributed by atoms with van der Waals surface area (Å²) in [6.07, 6.45) is 1.93. The number of nitrogens with zero attached hydrogens (tertiary/aromatic N) is 1. The second kappa shape index (κ2) is 8.72. The van der Waals surface area contributed by atoms with Gasteiger partial charge in [-0.25, -0.2) is 0 Å².